The lowest BCUT2D eigenvalue weighted by molar-refractivity contribution is -0.122. The van der Waals surface area contributed by atoms with E-state index in [1.54, 1.807) is 0 Å². The highest BCUT2D eigenvalue weighted by Gasteiger charge is 2.38. The van der Waals surface area contributed by atoms with Gasteiger partial charge < -0.3 is 5.32 Å². The molecule has 2 nitrogen and oxygen atoms in total. The Morgan fingerprint density at radius 1 is 0.941 bits per heavy atom. The van der Waals surface area contributed by atoms with Crippen molar-refractivity contribution in [3.8, 4) is 0 Å². The number of amides is 1. The largest absolute Gasteiger partial charge is 0.356 e. The highest BCUT2D eigenvalue weighted by molar-refractivity contribution is 5.76. The molecule has 3 atom stereocenters. The summed E-state index contributed by atoms with van der Waals surface area (Å²) in [7, 11) is 0. The second-order valence-corrected chi connectivity index (χ2v) is 6.65. The highest BCUT2D eigenvalue weighted by atomic mass is 16.1. The molecule has 1 N–H and O–H groups in total. The van der Waals surface area contributed by atoms with E-state index < -0.39 is 0 Å². The van der Waals surface area contributed by atoms with Crippen LogP contribution in [0, 0.1) is 35.5 Å². The van der Waals surface area contributed by atoms with Gasteiger partial charge in [-0.2, -0.15) is 0 Å². The summed E-state index contributed by atoms with van der Waals surface area (Å²) in [5, 5.41) is 3.11. The van der Waals surface area contributed by atoms with Crippen LogP contribution in [-0.4, -0.2) is 12.5 Å². The summed E-state index contributed by atoms with van der Waals surface area (Å²) in [6, 6.07) is 0. The number of nitrogens with one attached hydrogen (secondary N) is 1. The molecule has 1 fully saturated rings. The molecule has 0 spiro atoms. The Hall–Kier alpha value is -0.530. The van der Waals surface area contributed by atoms with Gasteiger partial charge in [0.2, 0.25) is 5.91 Å². The summed E-state index contributed by atoms with van der Waals surface area (Å²) in [6.07, 6.45) is 0.712. The van der Waals surface area contributed by atoms with Gasteiger partial charge in [-0.3, -0.25) is 4.79 Å². The van der Waals surface area contributed by atoms with Crippen LogP contribution in [0.1, 0.15) is 48.0 Å². The molecule has 1 aliphatic rings. The molecule has 0 aliphatic carbocycles. The van der Waals surface area contributed by atoms with E-state index >= 15 is 0 Å². The van der Waals surface area contributed by atoms with Crippen LogP contribution in [-0.2, 0) is 4.79 Å². The van der Waals surface area contributed by atoms with Gasteiger partial charge in [-0.1, -0.05) is 41.5 Å². The zero-order valence-corrected chi connectivity index (χ0v) is 12.3. The Morgan fingerprint density at radius 2 is 1.47 bits per heavy atom. The predicted octanol–water partition coefficient (Wildman–Crippen LogP) is 3.32. The average molecular weight is 239 g/mol. The SMILES string of the molecule is CC(C)C1CNC(=O)CC(C(C)C)C1C(C)C. The molecule has 0 aromatic heterocycles. The maximum atomic E-state index is 11.8. The van der Waals surface area contributed by atoms with Gasteiger partial charge in [0.05, 0.1) is 0 Å². The van der Waals surface area contributed by atoms with Crippen molar-refractivity contribution >= 4 is 5.91 Å². The van der Waals surface area contributed by atoms with Crippen molar-refractivity contribution in [3.63, 3.8) is 0 Å². The minimum absolute atomic E-state index is 0.248. The van der Waals surface area contributed by atoms with E-state index in [1.165, 1.54) is 0 Å². The van der Waals surface area contributed by atoms with Crippen molar-refractivity contribution in [2.24, 2.45) is 35.5 Å². The third kappa shape index (κ3) is 3.46. The molecule has 100 valence electrons. The second-order valence-electron chi connectivity index (χ2n) is 6.65. The lowest BCUT2D eigenvalue weighted by Crippen LogP contribution is -2.35. The summed E-state index contributed by atoms with van der Waals surface area (Å²) >= 11 is 0. The molecule has 1 heterocycles. The molecule has 0 radical (unpaired) electrons. The van der Waals surface area contributed by atoms with Gasteiger partial charge in [0.25, 0.3) is 0 Å². The van der Waals surface area contributed by atoms with E-state index in [0.29, 0.717) is 41.9 Å². The third-order valence-electron chi connectivity index (χ3n) is 4.43. The molecule has 1 saturated heterocycles. The van der Waals surface area contributed by atoms with Crippen molar-refractivity contribution in [2.45, 2.75) is 48.0 Å². The van der Waals surface area contributed by atoms with Crippen LogP contribution in [0.25, 0.3) is 0 Å². The third-order valence-corrected chi connectivity index (χ3v) is 4.43. The van der Waals surface area contributed by atoms with Crippen LogP contribution >= 0.6 is 0 Å². The second kappa shape index (κ2) is 5.88. The maximum Gasteiger partial charge on any atom is 0.220 e. The topological polar surface area (TPSA) is 29.1 Å². The summed E-state index contributed by atoms with van der Waals surface area (Å²) in [5.41, 5.74) is 0. The molecule has 0 aromatic rings. The minimum Gasteiger partial charge on any atom is -0.356 e. The van der Waals surface area contributed by atoms with Gasteiger partial charge in [-0.15, -0.1) is 0 Å². The van der Waals surface area contributed by atoms with Gasteiger partial charge in [-0.25, -0.2) is 0 Å². The molecule has 17 heavy (non-hydrogen) atoms. The Labute approximate surface area is 107 Å². The van der Waals surface area contributed by atoms with Crippen molar-refractivity contribution < 1.29 is 4.79 Å². The molecule has 0 bridgehead atoms. The minimum atomic E-state index is 0.248. The summed E-state index contributed by atoms with van der Waals surface area (Å²) in [6.45, 7) is 14.6. The normalized spacial score (nSPS) is 30.9. The van der Waals surface area contributed by atoms with Gasteiger partial charge >= 0.3 is 0 Å². The van der Waals surface area contributed by atoms with Crippen molar-refractivity contribution in [2.75, 3.05) is 6.54 Å². The van der Waals surface area contributed by atoms with Crippen LogP contribution in [0.3, 0.4) is 0 Å². The summed E-state index contributed by atoms with van der Waals surface area (Å²) in [4.78, 5) is 11.8. The van der Waals surface area contributed by atoms with Gasteiger partial charge in [0.15, 0.2) is 0 Å². The van der Waals surface area contributed by atoms with E-state index in [4.69, 9.17) is 0 Å². The molecule has 2 heteroatoms. The molecule has 1 rings (SSSR count). The van der Waals surface area contributed by atoms with Crippen molar-refractivity contribution in [1.82, 2.24) is 5.32 Å². The zero-order chi connectivity index (χ0) is 13.2. The Kier molecular flexibility index (Phi) is 5.03. The fourth-order valence-corrected chi connectivity index (χ4v) is 3.46. The standard InChI is InChI=1S/C15H29NO/c1-9(2)12-7-14(17)16-8-13(10(3)4)15(12)11(5)6/h9-13,15H,7-8H2,1-6H3,(H,16,17). The van der Waals surface area contributed by atoms with Crippen molar-refractivity contribution in [3.05, 3.63) is 0 Å². The van der Waals surface area contributed by atoms with Gasteiger partial charge in [0.1, 0.15) is 0 Å². The highest BCUT2D eigenvalue weighted by Crippen LogP contribution is 2.40. The average Bonchev–Trinajstić information content (AvgIpc) is 2.36. The van der Waals surface area contributed by atoms with Crippen LogP contribution < -0.4 is 5.32 Å². The number of hydrogen-bond donors (Lipinski definition) is 1. The van der Waals surface area contributed by atoms with Crippen molar-refractivity contribution in [1.29, 1.82) is 0 Å². The molecule has 1 aliphatic heterocycles. The summed E-state index contributed by atoms with van der Waals surface area (Å²) in [5.74, 6) is 3.95. The quantitative estimate of drug-likeness (QED) is 0.804. The predicted molar refractivity (Wildman–Crippen MR) is 72.6 cm³/mol. The van der Waals surface area contributed by atoms with E-state index in [9.17, 15) is 4.79 Å². The molecular formula is C15H29NO. The molecular weight excluding hydrogens is 210 g/mol. The van der Waals surface area contributed by atoms with Crippen LogP contribution in [0.2, 0.25) is 0 Å². The van der Waals surface area contributed by atoms with Gasteiger partial charge in [-0.05, 0) is 35.5 Å². The van der Waals surface area contributed by atoms with Gasteiger partial charge in [0, 0.05) is 13.0 Å². The lowest BCUT2D eigenvalue weighted by Gasteiger charge is -2.38. The van der Waals surface area contributed by atoms with E-state index in [2.05, 4.69) is 46.9 Å². The number of hydrogen-bond acceptors (Lipinski definition) is 1. The molecule has 0 saturated carbocycles. The van der Waals surface area contributed by atoms with E-state index in [-0.39, 0.29) is 5.91 Å². The molecule has 1 amide bonds. The first-order chi connectivity index (χ1) is 7.84. The van der Waals surface area contributed by atoms with E-state index in [1.807, 2.05) is 0 Å². The Bertz CT molecular complexity index is 258. The lowest BCUT2D eigenvalue weighted by atomic mass is 9.67. The molecule has 3 unspecified atom stereocenters. The first kappa shape index (κ1) is 14.5. The fraction of sp³-hybridized carbons (Fsp3) is 0.933. The van der Waals surface area contributed by atoms with Crippen LogP contribution in [0.4, 0.5) is 0 Å². The smallest absolute Gasteiger partial charge is 0.220 e. The summed E-state index contributed by atoms with van der Waals surface area (Å²) < 4.78 is 0. The zero-order valence-electron chi connectivity index (χ0n) is 12.3. The Balaban J connectivity index is 3.01. The maximum absolute atomic E-state index is 11.8. The van der Waals surface area contributed by atoms with Crippen LogP contribution in [0.15, 0.2) is 0 Å². The van der Waals surface area contributed by atoms with Crippen LogP contribution in [0.5, 0.6) is 0 Å². The number of rotatable bonds is 3. The monoisotopic (exact) mass is 239 g/mol. The first-order valence-corrected chi connectivity index (χ1v) is 7.11. The number of carbonyl (C=O) groups excluding carboxylic acids is 1. The Morgan fingerprint density at radius 3 is 1.88 bits per heavy atom. The fourth-order valence-electron chi connectivity index (χ4n) is 3.46. The van der Waals surface area contributed by atoms with E-state index in [0.717, 1.165) is 6.54 Å². The molecule has 0 aromatic carbocycles. The number of carbonyl (C=O) groups is 1. The first-order valence-electron chi connectivity index (χ1n) is 7.11.